The number of rotatable bonds is 5. The Labute approximate surface area is 179 Å². The van der Waals surface area contributed by atoms with Gasteiger partial charge < -0.3 is 18.6 Å². The SMILES string of the molecule is COc1cccc(Oc2coc3cc(OC(=O)c4ccccc4Br)ccc3c2=O)c1. The lowest BCUT2D eigenvalue weighted by molar-refractivity contribution is 0.0734. The van der Waals surface area contributed by atoms with Crippen LogP contribution in [0.5, 0.6) is 23.0 Å². The van der Waals surface area contributed by atoms with Crippen LogP contribution in [0, 0.1) is 0 Å². The number of hydrogen-bond acceptors (Lipinski definition) is 6. The van der Waals surface area contributed by atoms with E-state index in [2.05, 4.69) is 15.9 Å². The molecule has 7 heteroatoms. The molecule has 0 aliphatic heterocycles. The Balaban J connectivity index is 1.60. The van der Waals surface area contributed by atoms with Crippen LogP contribution in [-0.2, 0) is 0 Å². The second-order valence-corrected chi connectivity index (χ2v) is 7.09. The zero-order valence-electron chi connectivity index (χ0n) is 15.8. The fraction of sp³-hybridized carbons (Fsp3) is 0.0435. The van der Waals surface area contributed by atoms with Crippen LogP contribution in [0.4, 0.5) is 0 Å². The van der Waals surface area contributed by atoms with Gasteiger partial charge in [-0.2, -0.15) is 0 Å². The molecule has 4 rings (SSSR count). The summed E-state index contributed by atoms with van der Waals surface area (Å²) in [6.07, 6.45) is 1.23. The van der Waals surface area contributed by atoms with E-state index in [1.54, 1.807) is 55.6 Å². The number of halogens is 1. The highest BCUT2D eigenvalue weighted by Crippen LogP contribution is 2.27. The van der Waals surface area contributed by atoms with Crippen LogP contribution in [0.25, 0.3) is 11.0 Å². The van der Waals surface area contributed by atoms with Crippen molar-refractivity contribution in [3.8, 4) is 23.0 Å². The minimum atomic E-state index is -0.526. The standard InChI is InChI=1S/C23H15BrO6/c1-27-14-5-4-6-15(11-14)29-21-13-28-20-12-16(9-10-18(20)22(21)25)30-23(26)17-7-2-3-8-19(17)24/h2-13H,1H3. The van der Waals surface area contributed by atoms with Crippen LogP contribution in [0.15, 0.2) is 86.7 Å². The first-order valence-electron chi connectivity index (χ1n) is 8.89. The summed E-state index contributed by atoms with van der Waals surface area (Å²) in [5.74, 6) is 0.818. The second-order valence-electron chi connectivity index (χ2n) is 6.24. The van der Waals surface area contributed by atoms with Gasteiger partial charge in [0.1, 0.15) is 29.1 Å². The number of carbonyl (C=O) groups excluding carboxylic acids is 1. The molecule has 0 radical (unpaired) electrons. The summed E-state index contributed by atoms with van der Waals surface area (Å²) in [7, 11) is 1.55. The van der Waals surface area contributed by atoms with Gasteiger partial charge in [0.2, 0.25) is 11.2 Å². The third-order valence-corrected chi connectivity index (χ3v) is 4.98. The molecule has 150 valence electrons. The molecule has 0 unspecified atom stereocenters. The van der Waals surface area contributed by atoms with Gasteiger partial charge in [-0.3, -0.25) is 4.79 Å². The van der Waals surface area contributed by atoms with E-state index in [1.807, 2.05) is 0 Å². The fourth-order valence-corrected chi connectivity index (χ4v) is 3.25. The quantitative estimate of drug-likeness (QED) is 0.282. The van der Waals surface area contributed by atoms with Crippen molar-refractivity contribution in [2.75, 3.05) is 7.11 Å². The molecule has 0 amide bonds. The Kier molecular flexibility index (Phi) is 5.54. The van der Waals surface area contributed by atoms with Crippen molar-refractivity contribution in [1.29, 1.82) is 0 Å². The molecule has 0 saturated heterocycles. The summed E-state index contributed by atoms with van der Waals surface area (Å²) in [5, 5.41) is 0.302. The zero-order chi connectivity index (χ0) is 21.1. The summed E-state index contributed by atoms with van der Waals surface area (Å²) in [6, 6.07) is 18.4. The maximum Gasteiger partial charge on any atom is 0.344 e. The summed E-state index contributed by atoms with van der Waals surface area (Å²) < 4.78 is 22.4. The van der Waals surface area contributed by atoms with E-state index >= 15 is 0 Å². The normalized spacial score (nSPS) is 10.6. The predicted octanol–water partition coefficient (Wildman–Crippen LogP) is 5.58. The maximum atomic E-state index is 12.8. The highest BCUT2D eigenvalue weighted by Gasteiger charge is 2.14. The maximum absolute atomic E-state index is 12.8. The summed E-state index contributed by atoms with van der Waals surface area (Å²) in [4.78, 5) is 25.1. The van der Waals surface area contributed by atoms with Gasteiger partial charge in [-0.05, 0) is 52.3 Å². The average molecular weight is 467 g/mol. The van der Waals surface area contributed by atoms with Crippen molar-refractivity contribution in [2.24, 2.45) is 0 Å². The highest BCUT2D eigenvalue weighted by molar-refractivity contribution is 9.10. The minimum absolute atomic E-state index is 0.0358. The first-order valence-corrected chi connectivity index (χ1v) is 9.68. The molecule has 30 heavy (non-hydrogen) atoms. The van der Waals surface area contributed by atoms with Crippen LogP contribution in [0.3, 0.4) is 0 Å². The molecular formula is C23H15BrO6. The number of fused-ring (bicyclic) bond motifs is 1. The highest BCUT2D eigenvalue weighted by atomic mass is 79.9. The number of methoxy groups -OCH3 is 1. The monoisotopic (exact) mass is 466 g/mol. The molecule has 0 bridgehead atoms. The van der Waals surface area contributed by atoms with E-state index in [0.717, 1.165) is 0 Å². The van der Waals surface area contributed by atoms with Gasteiger partial charge in [-0.1, -0.05) is 18.2 Å². The Morgan fingerprint density at radius 2 is 1.73 bits per heavy atom. The lowest BCUT2D eigenvalue weighted by atomic mass is 10.2. The zero-order valence-corrected chi connectivity index (χ0v) is 17.3. The van der Waals surface area contributed by atoms with Crippen LogP contribution in [0.2, 0.25) is 0 Å². The number of esters is 1. The van der Waals surface area contributed by atoms with Gasteiger partial charge in [0.15, 0.2) is 0 Å². The summed E-state index contributed by atoms with van der Waals surface area (Å²) in [6.45, 7) is 0. The molecule has 0 atom stereocenters. The number of ether oxygens (including phenoxy) is 3. The molecule has 0 aliphatic carbocycles. The van der Waals surface area contributed by atoms with Crippen molar-refractivity contribution in [3.63, 3.8) is 0 Å². The van der Waals surface area contributed by atoms with Crippen LogP contribution < -0.4 is 19.6 Å². The third-order valence-electron chi connectivity index (χ3n) is 4.29. The number of carbonyl (C=O) groups is 1. The summed E-state index contributed by atoms with van der Waals surface area (Å²) in [5.41, 5.74) is 0.319. The minimum Gasteiger partial charge on any atom is -0.497 e. The lowest BCUT2D eigenvalue weighted by Crippen LogP contribution is -2.09. The Bertz CT molecular complexity index is 1290. The molecule has 0 fully saturated rings. The predicted molar refractivity (Wildman–Crippen MR) is 115 cm³/mol. The average Bonchev–Trinajstić information content (AvgIpc) is 2.76. The topological polar surface area (TPSA) is 75.0 Å². The molecule has 6 nitrogen and oxygen atoms in total. The van der Waals surface area contributed by atoms with E-state index in [1.165, 1.54) is 24.5 Å². The van der Waals surface area contributed by atoms with Gasteiger partial charge in [-0.25, -0.2) is 4.79 Å². The van der Waals surface area contributed by atoms with Crippen LogP contribution in [0.1, 0.15) is 10.4 Å². The lowest BCUT2D eigenvalue weighted by Gasteiger charge is -2.08. The van der Waals surface area contributed by atoms with Crippen molar-refractivity contribution >= 4 is 32.9 Å². The smallest absolute Gasteiger partial charge is 0.344 e. The van der Waals surface area contributed by atoms with Crippen LogP contribution in [-0.4, -0.2) is 13.1 Å². The molecule has 1 aromatic heterocycles. The molecule has 0 N–H and O–H groups in total. The largest absolute Gasteiger partial charge is 0.497 e. The van der Waals surface area contributed by atoms with Gasteiger partial charge in [0, 0.05) is 16.6 Å². The van der Waals surface area contributed by atoms with Gasteiger partial charge in [0.25, 0.3) is 0 Å². The van der Waals surface area contributed by atoms with Crippen molar-refractivity contribution in [1.82, 2.24) is 0 Å². The fourth-order valence-electron chi connectivity index (χ4n) is 2.81. The van der Waals surface area contributed by atoms with Gasteiger partial charge in [0.05, 0.1) is 18.1 Å². The van der Waals surface area contributed by atoms with Gasteiger partial charge >= 0.3 is 5.97 Å². The van der Waals surface area contributed by atoms with E-state index in [-0.39, 0.29) is 22.5 Å². The summed E-state index contributed by atoms with van der Waals surface area (Å²) >= 11 is 3.32. The van der Waals surface area contributed by atoms with E-state index in [0.29, 0.717) is 26.9 Å². The first-order chi connectivity index (χ1) is 14.5. The molecule has 0 spiro atoms. The number of hydrogen-bond donors (Lipinski definition) is 0. The third kappa shape index (κ3) is 4.06. The van der Waals surface area contributed by atoms with Crippen LogP contribution >= 0.6 is 15.9 Å². The molecule has 4 aromatic rings. The van der Waals surface area contributed by atoms with E-state index in [9.17, 15) is 9.59 Å². The molecule has 0 saturated carbocycles. The van der Waals surface area contributed by atoms with E-state index < -0.39 is 5.97 Å². The molecular weight excluding hydrogens is 452 g/mol. The van der Waals surface area contributed by atoms with Crippen molar-refractivity contribution < 1.29 is 23.4 Å². The Morgan fingerprint density at radius 1 is 0.933 bits per heavy atom. The second kappa shape index (κ2) is 8.42. The molecule has 1 heterocycles. The van der Waals surface area contributed by atoms with Crippen molar-refractivity contribution in [2.45, 2.75) is 0 Å². The van der Waals surface area contributed by atoms with Crippen molar-refractivity contribution in [3.05, 3.63) is 93.3 Å². The first kappa shape index (κ1) is 19.7. The Hall–Kier alpha value is -3.58. The van der Waals surface area contributed by atoms with Gasteiger partial charge in [-0.15, -0.1) is 0 Å². The number of benzene rings is 3. The molecule has 0 aliphatic rings. The molecule has 3 aromatic carbocycles. The van der Waals surface area contributed by atoms with E-state index in [4.69, 9.17) is 18.6 Å². The Morgan fingerprint density at radius 3 is 2.53 bits per heavy atom.